The first-order valence-electron chi connectivity index (χ1n) is 11.6. The van der Waals surface area contributed by atoms with Crippen LogP contribution in [0.25, 0.3) is 36.5 Å². The summed E-state index contributed by atoms with van der Waals surface area (Å²) < 4.78 is 5.98. The van der Waals surface area contributed by atoms with Gasteiger partial charge in [-0.3, -0.25) is 5.26 Å². The molecule has 0 atom stereocenters. The van der Waals surface area contributed by atoms with Gasteiger partial charge in [-0.25, -0.2) is 4.89 Å². The monoisotopic (exact) mass is 460 g/mol. The van der Waals surface area contributed by atoms with Crippen molar-refractivity contribution in [1.82, 2.24) is 0 Å². The summed E-state index contributed by atoms with van der Waals surface area (Å²) in [7, 11) is 0. The zero-order valence-electron chi connectivity index (χ0n) is 19.5. The van der Waals surface area contributed by atoms with Gasteiger partial charge in [-0.05, 0) is 33.9 Å². The van der Waals surface area contributed by atoms with Gasteiger partial charge in [0.05, 0.1) is 0 Å². The Labute approximate surface area is 206 Å². The summed E-state index contributed by atoms with van der Waals surface area (Å²) in [6, 6.07) is 34.7. The zero-order valence-corrected chi connectivity index (χ0v) is 19.5. The lowest BCUT2D eigenvalue weighted by Crippen LogP contribution is -2.06. The third kappa shape index (κ3) is 7.15. The van der Waals surface area contributed by atoms with E-state index in [1.807, 2.05) is 60.7 Å². The molecule has 35 heavy (non-hydrogen) atoms. The second kappa shape index (κ2) is 12.9. The average Bonchev–Trinajstić information content (AvgIpc) is 2.92. The van der Waals surface area contributed by atoms with E-state index >= 15 is 0 Å². The van der Waals surface area contributed by atoms with Crippen LogP contribution in [0.5, 0.6) is 5.75 Å². The lowest BCUT2D eigenvalue weighted by Gasteiger charge is -2.14. The van der Waals surface area contributed by atoms with Crippen molar-refractivity contribution in [3.05, 3.63) is 137 Å². The molecule has 0 amide bonds. The first kappa shape index (κ1) is 24.0. The Balaban J connectivity index is 1.80. The number of hydrogen-bond donors (Lipinski definition) is 1. The summed E-state index contributed by atoms with van der Waals surface area (Å²) in [5.41, 5.74) is 6.40. The molecule has 0 aliphatic rings. The maximum atomic E-state index is 8.74. The Kier molecular flexibility index (Phi) is 8.83. The van der Waals surface area contributed by atoms with Crippen molar-refractivity contribution < 1.29 is 14.9 Å². The van der Waals surface area contributed by atoms with Crippen molar-refractivity contribution in [2.24, 2.45) is 0 Å². The first-order chi connectivity index (χ1) is 17.3. The SMILES string of the molecule is OOCCOc1ccc(C=Cc2ccccc2)c(C=Cc2ccccc2)c1C=Cc1ccccc1. The van der Waals surface area contributed by atoms with Crippen molar-refractivity contribution in [1.29, 1.82) is 0 Å². The minimum atomic E-state index is 0.0900. The van der Waals surface area contributed by atoms with Crippen LogP contribution in [0.15, 0.2) is 103 Å². The van der Waals surface area contributed by atoms with Gasteiger partial charge in [0.25, 0.3) is 0 Å². The molecule has 4 aromatic rings. The molecule has 0 aliphatic heterocycles. The molecule has 3 nitrogen and oxygen atoms in total. The highest BCUT2D eigenvalue weighted by Gasteiger charge is 2.10. The summed E-state index contributed by atoms with van der Waals surface area (Å²) in [4.78, 5) is 4.21. The number of rotatable bonds is 10. The van der Waals surface area contributed by atoms with E-state index in [4.69, 9.17) is 9.99 Å². The van der Waals surface area contributed by atoms with Gasteiger partial charge in [0.15, 0.2) is 0 Å². The Hall–Kier alpha value is -4.18. The van der Waals surface area contributed by atoms with Gasteiger partial charge >= 0.3 is 0 Å². The quantitative estimate of drug-likeness (QED) is 0.113. The largest absolute Gasteiger partial charge is 0.490 e. The van der Waals surface area contributed by atoms with Gasteiger partial charge in [0, 0.05) is 5.56 Å². The lowest BCUT2D eigenvalue weighted by atomic mass is 9.96. The molecule has 0 bridgehead atoms. The Morgan fingerprint density at radius 1 is 0.486 bits per heavy atom. The highest BCUT2D eigenvalue weighted by molar-refractivity contribution is 5.87. The van der Waals surface area contributed by atoms with Crippen LogP contribution in [0.3, 0.4) is 0 Å². The van der Waals surface area contributed by atoms with Crippen LogP contribution in [0, 0.1) is 0 Å². The van der Waals surface area contributed by atoms with E-state index in [2.05, 4.69) is 83.8 Å². The van der Waals surface area contributed by atoms with Gasteiger partial charge in [-0.15, -0.1) is 0 Å². The minimum Gasteiger partial charge on any atom is -0.490 e. The minimum absolute atomic E-state index is 0.0900. The van der Waals surface area contributed by atoms with E-state index in [0.717, 1.165) is 39.1 Å². The smallest absolute Gasteiger partial charge is 0.127 e. The normalized spacial score (nSPS) is 11.6. The van der Waals surface area contributed by atoms with E-state index in [1.165, 1.54) is 0 Å². The van der Waals surface area contributed by atoms with Crippen LogP contribution in [0.4, 0.5) is 0 Å². The number of ether oxygens (including phenoxy) is 1. The molecule has 1 N–H and O–H groups in total. The second-order valence-corrected chi connectivity index (χ2v) is 7.89. The van der Waals surface area contributed by atoms with E-state index in [-0.39, 0.29) is 13.2 Å². The second-order valence-electron chi connectivity index (χ2n) is 7.89. The van der Waals surface area contributed by atoms with Crippen LogP contribution in [-0.4, -0.2) is 18.5 Å². The Morgan fingerprint density at radius 3 is 1.49 bits per heavy atom. The van der Waals surface area contributed by atoms with Gasteiger partial charge in [-0.2, -0.15) is 0 Å². The standard InChI is InChI=1S/C32H28O3/c33-35-25-24-34-32-23-20-29(19-16-26-10-4-1-5-11-26)30(21-17-27-12-6-2-7-13-27)31(32)22-18-28-14-8-3-9-15-28/h1-23,33H,24-25H2. The third-order valence-corrected chi connectivity index (χ3v) is 5.45. The third-order valence-electron chi connectivity index (χ3n) is 5.45. The van der Waals surface area contributed by atoms with E-state index in [9.17, 15) is 0 Å². The molecule has 0 saturated carbocycles. The Bertz CT molecular complexity index is 1270. The lowest BCUT2D eigenvalue weighted by molar-refractivity contribution is -0.245. The predicted molar refractivity (Wildman–Crippen MR) is 147 cm³/mol. The summed E-state index contributed by atoms with van der Waals surface area (Å²) in [5, 5.41) is 8.74. The van der Waals surface area contributed by atoms with Crippen LogP contribution in [0.1, 0.15) is 33.4 Å². The number of benzene rings is 4. The zero-order chi connectivity index (χ0) is 24.1. The molecule has 0 fully saturated rings. The predicted octanol–water partition coefficient (Wildman–Crippen LogP) is 8.07. The summed E-state index contributed by atoms with van der Waals surface area (Å²) >= 11 is 0. The molecule has 0 unspecified atom stereocenters. The highest BCUT2D eigenvalue weighted by atomic mass is 17.1. The molecular formula is C32H28O3. The van der Waals surface area contributed by atoms with Crippen molar-refractivity contribution in [3.8, 4) is 5.75 Å². The molecule has 0 spiro atoms. The fraction of sp³-hybridized carbons (Fsp3) is 0.0625. The fourth-order valence-electron chi connectivity index (χ4n) is 3.69. The average molecular weight is 461 g/mol. The fourth-order valence-corrected chi connectivity index (χ4v) is 3.69. The molecule has 3 heteroatoms. The molecule has 0 radical (unpaired) electrons. The van der Waals surface area contributed by atoms with Crippen molar-refractivity contribution in [2.75, 3.05) is 13.2 Å². The molecule has 174 valence electrons. The molecule has 0 aliphatic carbocycles. The van der Waals surface area contributed by atoms with Gasteiger partial charge in [0.1, 0.15) is 19.0 Å². The van der Waals surface area contributed by atoms with E-state index in [1.54, 1.807) is 0 Å². The summed E-state index contributed by atoms with van der Waals surface area (Å²) in [6.07, 6.45) is 12.6. The molecule has 0 aromatic heterocycles. The topological polar surface area (TPSA) is 38.7 Å². The maximum Gasteiger partial charge on any atom is 0.127 e. The number of hydrogen-bond acceptors (Lipinski definition) is 3. The molecule has 4 aromatic carbocycles. The summed E-state index contributed by atoms with van der Waals surface area (Å²) in [5.74, 6) is 0.721. The molecule has 4 rings (SSSR count). The first-order valence-corrected chi connectivity index (χ1v) is 11.6. The van der Waals surface area contributed by atoms with Crippen LogP contribution < -0.4 is 4.74 Å². The molecule has 0 saturated heterocycles. The van der Waals surface area contributed by atoms with Crippen LogP contribution in [0.2, 0.25) is 0 Å². The maximum absolute atomic E-state index is 8.74. The van der Waals surface area contributed by atoms with Gasteiger partial charge in [0.2, 0.25) is 0 Å². The van der Waals surface area contributed by atoms with Crippen LogP contribution >= 0.6 is 0 Å². The van der Waals surface area contributed by atoms with Crippen molar-refractivity contribution in [2.45, 2.75) is 0 Å². The van der Waals surface area contributed by atoms with E-state index < -0.39 is 0 Å². The highest BCUT2D eigenvalue weighted by Crippen LogP contribution is 2.31. The summed E-state index contributed by atoms with van der Waals surface area (Å²) in [6.45, 7) is 0.330. The van der Waals surface area contributed by atoms with Crippen LogP contribution in [-0.2, 0) is 4.89 Å². The van der Waals surface area contributed by atoms with E-state index in [0.29, 0.717) is 0 Å². The van der Waals surface area contributed by atoms with Crippen molar-refractivity contribution in [3.63, 3.8) is 0 Å². The van der Waals surface area contributed by atoms with Crippen molar-refractivity contribution >= 4 is 36.5 Å². The van der Waals surface area contributed by atoms with Gasteiger partial charge < -0.3 is 4.74 Å². The Morgan fingerprint density at radius 2 is 0.971 bits per heavy atom. The molecular weight excluding hydrogens is 432 g/mol. The molecule has 0 heterocycles. The van der Waals surface area contributed by atoms with Gasteiger partial charge in [-0.1, -0.05) is 134 Å².